The smallest absolute Gasteiger partial charge is 0.185 e. The van der Waals surface area contributed by atoms with Crippen molar-refractivity contribution in [3.63, 3.8) is 0 Å². The molecule has 39 heavy (non-hydrogen) atoms. The number of carbonyl (C=O) groups is 3. The summed E-state index contributed by atoms with van der Waals surface area (Å²) in [7, 11) is 0. The van der Waals surface area contributed by atoms with E-state index < -0.39 is 23.4 Å². The standard InChI is InChI=1S/C34H24ClNO3/c1-20-11-17-27-23(19-20)14-18-28-34(32(38)25-9-5-6-10-26(25)33(34)39)29(21-7-3-2-4-8-21)30(36(27)28)31(37)22-12-15-24(35)16-13-22/h2-19,28-30H,1H3/t28-,29+,30-/m1/s1. The Hall–Kier alpha value is -4.28. The third-order valence-corrected chi connectivity index (χ3v) is 8.77. The topological polar surface area (TPSA) is 54.5 Å². The highest BCUT2D eigenvalue weighted by Gasteiger charge is 2.71. The normalized spacial score (nSPS) is 22.1. The van der Waals surface area contributed by atoms with Gasteiger partial charge in [-0.05, 0) is 54.4 Å². The maximum atomic E-state index is 14.6. The minimum atomic E-state index is -1.49. The fourth-order valence-electron chi connectivity index (χ4n) is 6.91. The Morgan fingerprint density at radius 3 is 2.13 bits per heavy atom. The van der Waals surface area contributed by atoms with Gasteiger partial charge in [0.15, 0.2) is 17.3 Å². The molecule has 0 amide bonds. The van der Waals surface area contributed by atoms with Gasteiger partial charge < -0.3 is 4.90 Å². The molecular formula is C34H24ClNO3. The van der Waals surface area contributed by atoms with E-state index in [-0.39, 0.29) is 17.3 Å². The second-order valence-corrected chi connectivity index (χ2v) is 11.0. The molecule has 0 radical (unpaired) electrons. The van der Waals surface area contributed by atoms with Gasteiger partial charge in [-0.25, -0.2) is 0 Å². The van der Waals surface area contributed by atoms with E-state index in [0.29, 0.717) is 21.7 Å². The lowest BCUT2D eigenvalue weighted by molar-refractivity contribution is 0.0666. The molecule has 1 aliphatic carbocycles. The van der Waals surface area contributed by atoms with E-state index in [1.807, 2.05) is 66.4 Å². The molecule has 0 saturated carbocycles. The number of ketones is 3. The summed E-state index contributed by atoms with van der Waals surface area (Å²) in [5, 5.41) is 0.533. The number of benzene rings is 4. The van der Waals surface area contributed by atoms with Crippen molar-refractivity contribution >= 4 is 40.7 Å². The zero-order chi connectivity index (χ0) is 26.9. The summed E-state index contributed by atoms with van der Waals surface area (Å²) in [6, 6.07) is 28.1. The number of fused-ring (bicyclic) bond motifs is 5. The van der Waals surface area contributed by atoms with E-state index >= 15 is 0 Å². The van der Waals surface area contributed by atoms with Crippen LogP contribution in [0.5, 0.6) is 0 Å². The molecule has 4 aromatic rings. The average Bonchev–Trinajstić information content (AvgIpc) is 3.39. The van der Waals surface area contributed by atoms with Gasteiger partial charge in [0, 0.05) is 33.3 Å². The van der Waals surface area contributed by atoms with Gasteiger partial charge in [-0.2, -0.15) is 0 Å². The predicted molar refractivity (Wildman–Crippen MR) is 153 cm³/mol. The van der Waals surface area contributed by atoms with Crippen LogP contribution in [0.3, 0.4) is 0 Å². The highest BCUT2D eigenvalue weighted by Crippen LogP contribution is 2.61. The van der Waals surface area contributed by atoms with E-state index in [9.17, 15) is 14.4 Å². The van der Waals surface area contributed by atoms with E-state index in [1.54, 1.807) is 48.5 Å². The molecule has 0 N–H and O–H groups in total. The van der Waals surface area contributed by atoms with E-state index in [0.717, 1.165) is 22.4 Å². The van der Waals surface area contributed by atoms with Crippen LogP contribution in [-0.2, 0) is 0 Å². The Bertz CT molecular complexity index is 1670. The number of hydrogen-bond acceptors (Lipinski definition) is 4. The van der Waals surface area contributed by atoms with Gasteiger partial charge in [0.05, 0.1) is 6.04 Å². The predicted octanol–water partition coefficient (Wildman–Crippen LogP) is 6.96. The fraction of sp³-hybridized carbons (Fsp3) is 0.147. The summed E-state index contributed by atoms with van der Waals surface area (Å²) < 4.78 is 0. The lowest BCUT2D eigenvalue weighted by atomic mass is 9.64. The molecule has 1 spiro atoms. The van der Waals surface area contributed by atoms with Crippen LogP contribution in [0.4, 0.5) is 5.69 Å². The van der Waals surface area contributed by atoms with Gasteiger partial charge in [-0.15, -0.1) is 0 Å². The molecule has 0 unspecified atom stereocenters. The van der Waals surface area contributed by atoms with Crippen molar-refractivity contribution in [1.29, 1.82) is 0 Å². The molecule has 4 aromatic carbocycles. The molecule has 1 fully saturated rings. The molecule has 5 heteroatoms. The number of anilines is 1. The molecular weight excluding hydrogens is 506 g/mol. The fourth-order valence-corrected chi connectivity index (χ4v) is 7.04. The van der Waals surface area contributed by atoms with Crippen molar-refractivity contribution in [2.75, 3.05) is 4.90 Å². The van der Waals surface area contributed by atoms with Crippen LogP contribution in [-0.4, -0.2) is 29.4 Å². The van der Waals surface area contributed by atoms with Crippen LogP contribution in [0.25, 0.3) is 6.08 Å². The second kappa shape index (κ2) is 8.62. The van der Waals surface area contributed by atoms with Crippen LogP contribution >= 0.6 is 11.6 Å². The summed E-state index contributed by atoms with van der Waals surface area (Å²) in [4.78, 5) is 45.8. The Labute approximate surface area is 231 Å². The van der Waals surface area contributed by atoms with E-state index in [1.165, 1.54) is 0 Å². The van der Waals surface area contributed by atoms with E-state index in [2.05, 4.69) is 6.07 Å². The monoisotopic (exact) mass is 529 g/mol. The van der Waals surface area contributed by atoms with Crippen LogP contribution in [0.2, 0.25) is 5.02 Å². The molecule has 0 aromatic heterocycles. The number of aryl methyl sites for hydroxylation is 1. The lowest BCUT2D eigenvalue weighted by Crippen LogP contribution is -2.48. The number of carbonyl (C=O) groups excluding carboxylic acids is 3. The third-order valence-electron chi connectivity index (χ3n) is 8.52. The molecule has 4 nitrogen and oxygen atoms in total. The molecule has 2 heterocycles. The summed E-state index contributed by atoms with van der Waals surface area (Å²) in [6.45, 7) is 2.02. The number of hydrogen-bond donors (Lipinski definition) is 0. The Morgan fingerprint density at radius 1 is 0.821 bits per heavy atom. The molecule has 7 rings (SSSR count). The van der Waals surface area contributed by atoms with Crippen molar-refractivity contribution in [1.82, 2.24) is 0 Å². The van der Waals surface area contributed by atoms with Gasteiger partial charge in [0.1, 0.15) is 11.5 Å². The summed E-state index contributed by atoms with van der Waals surface area (Å²) in [6.07, 6.45) is 3.94. The largest absolute Gasteiger partial charge is 0.352 e. The average molecular weight is 530 g/mol. The van der Waals surface area contributed by atoms with Crippen LogP contribution in [0, 0.1) is 12.3 Å². The molecule has 2 aliphatic heterocycles. The van der Waals surface area contributed by atoms with Crippen molar-refractivity contribution in [3.8, 4) is 0 Å². The van der Waals surface area contributed by atoms with Crippen molar-refractivity contribution in [2.45, 2.75) is 24.9 Å². The highest BCUT2D eigenvalue weighted by atomic mass is 35.5. The van der Waals surface area contributed by atoms with Crippen molar-refractivity contribution in [2.24, 2.45) is 5.41 Å². The number of halogens is 1. The highest BCUT2D eigenvalue weighted by molar-refractivity contribution is 6.32. The SMILES string of the molecule is Cc1ccc2c(c1)C=C[C@H]1N2[C@@H](C(=O)c2ccc(Cl)cc2)[C@H](c2ccccc2)C12C(=O)c1ccccc1C2=O. The third kappa shape index (κ3) is 3.22. The Morgan fingerprint density at radius 2 is 1.46 bits per heavy atom. The Kier molecular flexibility index (Phi) is 5.26. The first-order valence-corrected chi connectivity index (χ1v) is 13.4. The van der Waals surface area contributed by atoms with Gasteiger partial charge in [0.25, 0.3) is 0 Å². The van der Waals surface area contributed by atoms with Gasteiger partial charge in [-0.1, -0.05) is 90.0 Å². The molecule has 0 bridgehead atoms. The number of Topliss-reactive ketones (excluding diaryl/α,β-unsaturated/α-hetero) is 3. The maximum Gasteiger partial charge on any atom is 0.185 e. The Balaban J connectivity index is 1.54. The minimum Gasteiger partial charge on any atom is -0.352 e. The van der Waals surface area contributed by atoms with Gasteiger partial charge in [-0.3, -0.25) is 14.4 Å². The number of rotatable bonds is 3. The summed E-state index contributed by atoms with van der Waals surface area (Å²) in [5.74, 6) is -1.31. The van der Waals surface area contributed by atoms with Crippen LogP contribution < -0.4 is 4.90 Å². The van der Waals surface area contributed by atoms with Crippen LogP contribution in [0.15, 0.2) is 103 Å². The minimum absolute atomic E-state index is 0.152. The molecule has 1 saturated heterocycles. The molecule has 3 atom stereocenters. The first-order valence-electron chi connectivity index (χ1n) is 13.0. The van der Waals surface area contributed by atoms with Crippen molar-refractivity contribution in [3.05, 3.63) is 142 Å². The number of nitrogens with zero attached hydrogens (tertiary/aromatic N) is 1. The summed E-state index contributed by atoms with van der Waals surface area (Å²) >= 11 is 6.16. The molecule has 190 valence electrons. The quantitative estimate of drug-likeness (QED) is 0.212. The zero-order valence-electron chi connectivity index (χ0n) is 21.2. The first-order chi connectivity index (χ1) is 18.9. The van der Waals surface area contributed by atoms with Gasteiger partial charge >= 0.3 is 0 Å². The first kappa shape index (κ1) is 23.8. The maximum absolute atomic E-state index is 14.6. The van der Waals surface area contributed by atoms with E-state index in [4.69, 9.17) is 11.6 Å². The second-order valence-electron chi connectivity index (χ2n) is 10.6. The zero-order valence-corrected chi connectivity index (χ0v) is 21.9. The molecule has 3 aliphatic rings. The van der Waals surface area contributed by atoms with Gasteiger partial charge in [0.2, 0.25) is 0 Å². The summed E-state index contributed by atoms with van der Waals surface area (Å²) in [5.41, 5.74) is 3.52. The van der Waals surface area contributed by atoms with Crippen molar-refractivity contribution < 1.29 is 14.4 Å². The van der Waals surface area contributed by atoms with Crippen LogP contribution in [0.1, 0.15) is 53.7 Å². The lowest BCUT2D eigenvalue weighted by Gasteiger charge is -2.37.